The highest BCUT2D eigenvalue weighted by Crippen LogP contribution is 2.45. The third-order valence-corrected chi connectivity index (χ3v) is 1.35. The minimum atomic E-state index is -6.66. The van der Waals surface area contributed by atoms with Crippen LogP contribution in [-0.4, -0.2) is 29.4 Å². The maximum atomic E-state index is 12.3. The Balaban J connectivity index is 5.99. The summed E-state index contributed by atoms with van der Waals surface area (Å²) in [4.78, 5) is 9.90. The Labute approximate surface area is 86.3 Å². The van der Waals surface area contributed by atoms with Crippen molar-refractivity contribution in [2.45, 2.75) is 18.3 Å². The summed E-state index contributed by atoms with van der Waals surface area (Å²) in [6, 6.07) is 0. The van der Waals surface area contributed by atoms with Crippen molar-refractivity contribution in [3.05, 3.63) is 11.4 Å². The Morgan fingerprint density at radius 1 is 0.882 bits per heavy atom. The fourth-order valence-electron chi connectivity index (χ4n) is 0.649. The second-order valence-electron chi connectivity index (χ2n) is 2.56. The molecule has 2 nitrogen and oxygen atoms in total. The number of alkyl halides is 8. The van der Waals surface area contributed by atoms with Gasteiger partial charge in [0, 0.05) is 0 Å². The Bertz CT molecular complexity index is 347. The van der Waals surface area contributed by atoms with Crippen LogP contribution in [0.15, 0.2) is 11.4 Å². The van der Waals surface area contributed by atoms with Gasteiger partial charge in [-0.2, -0.15) is 35.1 Å². The second-order valence-corrected chi connectivity index (χ2v) is 2.56. The summed E-state index contributed by atoms with van der Waals surface area (Å²) in [5, 5.41) is 7.83. The molecule has 0 bridgehead atoms. The van der Waals surface area contributed by atoms with Crippen molar-refractivity contribution in [2.75, 3.05) is 0 Å². The van der Waals surface area contributed by atoms with E-state index in [4.69, 9.17) is 5.11 Å². The largest absolute Gasteiger partial charge is 0.478 e. The molecule has 0 aromatic rings. The second kappa shape index (κ2) is 4.11. The van der Waals surface area contributed by atoms with Crippen LogP contribution in [-0.2, 0) is 4.79 Å². The Morgan fingerprint density at radius 2 is 1.24 bits per heavy atom. The molecule has 1 N–H and O–H groups in total. The van der Waals surface area contributed by atoms with Crippen molar-refractivity contribution < 1.29 is 49.4 Å². The van der Waals surface area contributed by atoms with E-state index in [2.05, 4.69) is 0 Å². The van der Waals surface area contributed by atoms with Gasteiger partial charge in [-0.25, -0.2) is 9.18 Å². The maximum absolute atomic E-state index is 12.3. The van der Waals surface area contributed by atoms with E-state index in [1.807, 2.05) is 0 Å². The first-order chi connectivity index (χ1) is 7.23. The molecule has 0 aliphatic carbocycles. The molecule has 0 aliphatic heterocycles. The van der Waals surface area contributed by atoms with Crippen LogP contribution >= 0.6 is 0 Å². The van der Waals surface area contributed by atoms with Crippen molar-refractivity contribution in [3.63, 3.8) is 0 Å². The van der Waals surface area contributed by atoms with E-state index in [9.17, 15) is 44.3 Å². The highest BCUT2D eigenvalue weighted by molar-refractivity contribution is 5.89. The summed E-state index contributed by atoms with van der Waals surface area (Å²) in [6.45, 7) is 0. The Morgan fingerprint density at radius 3 is 1.41 bits per heavy atom. The predicted molar refractivity (Wildman–Crippen MR) is 32.8 cm³/mol. The molecule has 0 aromatic carbocycles. The number of rotatable bonds is 2. The van der Waals surface area contributed by atoms with Crippen LogP contribution in [0, 0.1) is 0 Å². The van der Waals surface area contributed by atoms with Gasteiger partial charge in [0.25, 0.3) is 0 Å². The quantitative estimate of drug-likeness (QED) is 0.621. The molecule has 0 atom stereocenters. The maximum Gasteiger partial charge on any atom is 0.458 e. The minimum Gasteiger partial charge on any atom is -0.478 e. The molecule has 0 amide bonds. The van der Waals surface area contributed by atoms with E-state index in [-0.39, 0.29) is 0 Å². The zero-order valence-electron chi connectivity index (χ0n) is 7.26. The van der Waals surface area contributed by atoms with Crippen LogP contribution in [0.25, 0.3) is 0 Å². The van der Waals surface area contributed by atoms with Gasteiger partial charge in [0.05, 0.1) is 0 Å². The monoisotopic (exact) mass is 276 g/mol. The summed E-state index contributed by atoms with van der Waals surface area (Å²) in [5.41, 5.74) is -3.70. The van der Waals surface area contributed by atoms with Crippen LogP contribution in [0.5, 0.6) is 0 Å². The topological polar surface area (TPSA) is 37.3 Å². The van der Waals surface area contributed by atoms with Crippen molar-refractivity contribution >= 4 is 5.97 Å². The van der Waals surface area contributed by atoms with Gasteiger partial charge in [0.2, 0.25) is 5.83 Å². The molecular weight excluding hydrogens is 275 g/mol. The van der Waals surface area contributed by atoms with Gasteiger partial charge in [0.1, 0.15) is 0 Å². The molecule has 100 valence electrons. The summed E-state index contributed by atoms with van der Waals surface area (Å²) < 4.78 is 106. The first-order valence-electron chi connectivity index (χ1n) is 3.38. The first-order valence-corrected chi connectivity index (χ1v) is 3.38. The average Bonchev–Trinajstić information content (AvgIpc) is 1.98. The summed E-state index contributed by atoms with van der Waals surface area (Å²) in [5.74, 6) is -13.8. The summed E-state index contributed by atoms with van der Waals surface area (Å²) in [7, 11) is 0. The standard InChI is InChI=1S/C6HF9O2/c7-2(5(10,11)12)1(3(16)17)4(8,9)6(13,14)15/h(H,16,17). The molecule has 0 saturated heterocycles. The zero-order valence-corrected chi connectivity index (χ0v) is 7.26. The van der Waals surface area contributed by atoms with Crippen molar-refractivity contribution in [3.8, 4) is 0 Å². The van der Waals surface area contributed by atoms with E-state index in [0.717, 1.165) is 0 Å². The molecule has 0 heterocycles. The normalized spacial score (nSPS) is 15.6. The van der Waals surface area contributed by atoms with E-state index in [0.29, 0.717) is 0 Å². The number of halogens is 9. The number of allylic oxidation sites excluding steroid dienone is 1. The van der Waals surface area contributed by atoms with Gasteiger partial charge < -0.3 is 5.11 Å². The number of hydrogen-bond donors (Lipinski definition) is 1. The van der Waals surface area contributed by atoms with E-state index in [1.54, 1.807) is 0 Å². The molecule has 0 unspecified atom stereocenters. The summed E-state index contributed by atoms with van der Waals surface area (Å²) in [6.07, 6.45) is -12.9. The average molecular weight is 276 g/mol. The molecule has 0 aliphatic rings. The highest BCUT2D eigenvalue weighted by atomic mass is 19.4. The fourth-order valence-corrected chi connectivity index (χ4v) is 0.649. The SMILES string of the molecule is O=C(O)C(=C(F)C(F)(F)F)C(F)(F)C(F)(F)F. The molecule has 17 heavy (non-hydrogen) atoms. The third-order valence-electron chi connectivity index (χ3n) is 1.35. The van der Waals surface area contributed by atoms with Crippen molar-refractivity contribution in [1.82, 2.24) is 0 Å². The third kappa shape index (κ3) is 3.03. The number of carboxylic acids is 1. The number of carboxylic acid groups (broad SMARTS) is 1. The van der Waals surface area contributed by atoms with Gasteiger partial charge in [-0.05, 0) is 0 Å². The number of carbonyl (C=O) groups is 1. The van der Waals surface area contributed by atoms with E-state index < -0.39 is 35.6 Å². The van der Waals surface area contributed by atoms with Gasteiger partial charge in [-0.3, -0.25) is 0 Å². The van der Waals surface area contributed by atoms with E-state index in [1.165, 1.54) is 0 Å². The minimum absolute atomic E-state index is 3.36. The zero-order chi connectivity index (χ0) is 14.2. The molecular formula is C6HF9O2. The lowest BCUT2D eigenvalue weighted by Crippen LogP contribution is -2.42. The molecule has 0 radical (unpaired) electrons. The molecule has 0 spiro atoms. The number of aliphatic carboxylic acids is 1. The molecule has 0 fully saturated rings. The van der Waals surface area contributed by atoms with Crippen LogP contribution in [0.4, 0.5) is 39.5 Å². The lowest BCUT2D eigenvalue weighted by atomic mass is 10.1. The Kier molecular flexibility index (Phi) is 3.77. The molecule has 0 saturated carbocycles. The van der Waals surface area contributed by atoms with Gasteiger partial charge in [-0.15, -0.1) is 0 Å². The molecule has 11 heteroatoms. The highest BCUT2D eigenvalue weighted by Gasteiger charge is 2.65. The van der Waals surface area contributed by atoms with Crippen molar-refractivity contribution in [2.24, 2.45) is 0 Å². The van der Waals surface area contributed by atoms with Crippen LogP contribution < -0.4 is 0 Å². The van der Waals surface area contributed by atoms with Crippen LogP contribution in [0.3, 0.4) is 0 Å². The lowest BCUT2D eigenvalue weighted by Gasteiger charge is -2.21. The van der Waals surface area contributed by atoms with Crippen LogP contribution in [0.1, 0.15) is 0 Å². The van der Waals surface area contributed by atoms with E-state index >= 15 is 0 Å². The Hall–Kier alpha value is -1.42. The number of hydrogen-bond acceptors (Lipinski definition) is 1. The smallest absolute Gasteiger partial charge is 0.458 e. The molecule has 0 aromatic heterocycles. The van der Waals surface area contributed by atoms with Crippen LogP contribution in [0.2, 0.25) is 0 Å². The lowest BCUT2D eigenvalue weighted by molar-refractivity contribution is -0.267. The van der Waals surface area contributed by atoms with Gasteiger partial charge in [-0.1, -0.05) is 0 Å². The fraction of sp³-hybridized carbons (Fsp3) is 0.500. The van der Waals surface area contributed by atoms with Crippen molar-refractivity contribution in [1.29, 1.82) is 0 Å². The molecule has 0 rings (SSSR count). The van der Waals surface area contributed by atoms with Gasteiger partial charge >= 0.3 is 24.2 Å². The first kappa shape index (κ1) is 15.6. The van der Waals surface area contributed by atoms with Gasteiger partial charge in [0.15, 0.2) is 5.57 Å². The predicted octanol–water partition coefficient (Wildman–Crippen LogP) is 3.05. The summed E-state index contributed by atoms with van der Waals surface area (Å²) >= 11 is 0.